The number of carbonyl (C=O) groups excluding carboxylic acids is 3. The van der Waals surface area contributed by atoms with E-state index in [1.807, 2.05) is 0 Å². The van der Waals surface area contributed by atoms with E-state index in [1.54, 1.807) is 116 Å². The number of nitrogens with one attached hydrogen (secondary N) is 3. The maximum atomic E-state index is 13.2. The molecule has 538 valence electrons. The first kappa shape index (κ1) is 87.7. The summed E-state index contributed by atoms with van der Waals surface area (Å²) in [4.78, 5) is 47.9. The molecule has 104 heavy (non-hydrogen) atoms. The minimum atomic E-state index is -4.45. The third kappa shape index (κ3) is 28.8. The number of carboxylic acids is 1. The molecule has 0 atom stereocenters. The predicted octanol–water partition coefficient (Wildman–Crippen LogP) is 13.5. The molecule has 8 N–H and O–H groups in total. The van der Waals surface area contributed by atoms with Gasteiger partial charge in [0.05, 0.1) is 75.8 Å². The molecule has 0 bridgehead atoms. The van der Waals surface area contributed by atoms with Crippen LogP contribution >= 0.6 is 79.6 Å². The van der Waals surface area contributed by atoms with Gasteiger partial charge >= 0.3 is 41.9 Å². The molecule has 12 aromatic rings. The van der Waals surface area contributed by atoms with Crippen LogP contribution in [0.4, 0.5) is 55.3 Å². The Kier molecular flexibility index (Phi) is 37.3. The number of aldehydes is 1. The summed E-state index contributed by atoms with van der Waals surface area (Å²) in [7, 11) is 0. The molecule has 19 nitrogen and oxygen atoms in total. The molecule has 0 aliphatic rings. The van der Waals surface area contributed by atoms with Gasteiger partial charge in [-0.2, -0.15) is 41.6 Å². The van der Waals surface area contributed by atoms with Crippen molar-refractivity contribution in [2.75, 3.05) is 17.5 Å². The number of pyridine rings is 4. The summed E-state index contributed by atoms with van der Waals surface area (Å²) in [6.45, 7) is 2.95. The van der Waals surface area contributed by atoms with Crippen molar-refractivity contribution in [2.45, 2.75) is 39.3 Å². The number of aliphatic carboxylic acids is 1. The molecule has 6 aromatic heterocycles. The summed E-state index contributed by atoms with van der Waals surface area (Å²) in [5.74, 6) is 2.27. The van der Waals surface area contributed by atoms with Crippen molar-refractivity contribution in [3.8, 4) is 11.4 Å². The number of hydrazine groups is 1. The Labute approximate surface area is 651 Å². The average Bonchev–Trinajstić information content (AvgIpc) is 1.62. The van der Waals surface area contributed by atoms with Crippen LogP contribution in [0.25, 0.3) is 33.2 Å². The third-order valence-corrected chi connectivity index (χ3v) is 15.8. The van der Waals surface area contributed by atoms with Crippen LogP contribution in [0, 0.1) is 23.3 Å². The van der Waals surface area contributed by atoms with Crippen LogP contribution in [0.15, 0.2) is 235 Å². The average molecular weight is 1770 g/mol. The van der Waals surface area contributed by atoms with E-state index in [2.05, 4.69) is 131 Å². The number of nitrogen functional groups attached to an aromatic ring is 1. The maximum Gasteiger partial charge on any atom is 1.00 e. The maximum absolute atomic E-state index is 13.2. The first-order chi connectivity index (χ1) is 49.0. The molecule has 6 heterocycles. The van der Waals surface area contributed by atoms with Gasteiger partial charge in [-0.15, -0.1) is 0 Å². The van der Waals surface area contributed by atoms with E-state index in [9.17, 15) is 53.5 Å². The zero-order chi connectivity index (χ0) is 75.8. The van der Waals surface area contributed by atoms with Crippen molar-refractivity contribution in [1.82, 2.24) is 44.8 Å². The monoisotopic (exact) mass is 1770 g/mol. The first-order valence-electron chi connectivity index (χ1n) is 29.2. The van der Waals surface area contributed by atoms with Gasteiger partial charge in [0.15, 0.2) is 6.29 Å². The predicted molar refractivity (Wildman–Crippen MR) is 387 cm³/mol. The normalized spacial score (nSPS) is 10.5. The molecule has 0 radical (unpaired) electrons. The van der Waals surface area contributed by atoms with Gasteiger partial charge in [0, 0.05) is 113 Å². The number of aliphatic hydroxyl groups is 1. The van der Waals surface area contributed by atoms with Crippen LogP contribution in [0.3, 0.4) is 0 Å². The SMILES string of the molecule is CC(=O)[O-].CCO.Fc1ccc(-n2ncc3c(Br)cncc32)cc1.Fc1ccc(N/N=C/c2c(Br)cncc2Br)cc1.NCc1cccc(C(F)(F)F)c1.NNc1ccc(F)cc1.O=C(NCc1cccc(C(F)(F)F)c1)c1cncc2c1cnn2-c1ccc(F)cc1.O=Cc1c(Br)cncc1Br.[Na+]. The van der Waals surface area contributed by atoms with Gasteiger partial charge < -0.3 is 31.5 Å². The van der Waals surface area contributed by atoms with Crippen LogP contribution in [0.5, 0.6) is 0 Å². The van der Waals surface area contributed by atoms with Gasteiger partial charge in [0.1, 0.15) is 23.3 Å². The Balaban J connectivity index is 0.000000271. The summed E-state index contributed by atoms with van der Waals surface area (Å²) < 4.78 is 133. The second-order valence-corrected chi connectivity index (χ2v) is 24.3. The molecule has 0 saturated carbocycles. The number of nitrogens with two attached hydrogens (primary N) is 2. The van der Waals surface area contributed by atoms with Crippen LogP contribution < -0.4 is 62.4 Å². The van der Waals surface area contributed by atoms with Gasteiger partial charge in [-0.05, 0) is 220 Å². The standard InChI is InChI=1S/C21H14F4N4O.C12H8Br2FN3.C12H7BrFN3.C8H8F3N.C6H3Br2NO.C6H7FN2.C2H4O2.C2H6O.Na/c22-15-4-6-16(7-5-15)29-19-12-26-10-18(17(19)11-28-29)20(30)27-9-13-2-1-3-14(8-13)21(23,24)25;13-11-6-16-7-12(14)10(11)5-17-18-9-3-1-8(15)2-4-9;13-11-6-15-7-12-10(11)5-16-17(12)9-3-1-8(14)2-4-9;9-8(10,11)7-3-1-2-6(4-7)5-12;7-5-1-9-2-6(8)4(5)3-10;7-5-1-3-6(9-8)4-2-5;1-2(3)4;1-2-3;/h1-8,10-12H,9H2,(H,27,30);1-7,18H;1-7H;1-4H,5,12H2;1-3H;1-4,9H,8H2;1H3,(H,3,4);3H,2H2,1H3;/q;;;;;;;;+1/p-1/b;17-5+;;;;;;;. The number of fused-ring (bicyclic) bond motifs is 2. The Morgan fingerprint density at radius 2 is 0.933 bits per heavy atom. The number of aromatic nitrogens is 8. The summed E-state index contributed by atoms with van der Waals surface area (Å²) >= 11 is 16.5. The summed E-state index contributed by atoms with van der Waals surface area (Å²) in [5, 5.41) is 33.2. The van der Waals surface area contributed by atoms with E-state index in [4.69, 9.17) is 26.6 Å². The van der Waals surface area contributed by atoms with Gasteiger partial charge in [-0.3, -0.25) is 40.8 Å². The number of benzene rings is 6. The Morgan fingerprint density at radius 1 is 0.558 bits per heavy atom. The number of hydrogen-bond donors (Lipinski definition) is 6. The number of halogens is 15. The van der Waals surface area contributed by atoms with Crippen molar-refractivity contribution >= 4 is 137 Å². The summed E-state index contributed by atoms with van der Waals surface area (Å²) in [5.41, 5.74) is 15.7. The Hall–Kier alpha value is -8.68. The van der Waals surface area contributed by atoms with E-state index in [0.717, 1.165) is 73.0 Å². The minimum Gasteiger partial charge on any atom is -0.550 e. The molecular formula is C69H56Br5F10N14NaO5. The number of alkyl halides is 6. The zero-order valence-corrected chi connectivity index (χ0v) is 64.3. The largest absolute Gasteiger partial charge is 1.00 e. The second-order valence-electron chi connectivity index (χ2n) is 20.0. The molecular weight excluding hydrogens is 1720 g/mol. The van der Waals surface area contributed by atoms with Crippen LogP contribution in [-0.4, -0.2) is 75.6 Å². The van der Waals surface area contributed by atoms with E-state index < -0.39 is 35.4 Å². The van der Waals surface area contributed by atoms with Crippen LogP contribution in [0.2, 0.25) is 0 Å². The minimum absolute atomic E-state index is 0. The van der Waals surface area contributed by atoms with Gasteiger partial charge in [0.25, 0.3) is 5.91 Å². The molecule has 0 aliphatic heterocycles. The number of rotatable bonds is 11. The quantitative estimate of drug-likeness (QED) is 0.0175. The molecule has 0 unspecified atom stereocenters. The number of amides is 1. The van der Waals surface area contributed by atoms with Crippen molar-refractivity contribution in [1.29, 1.82) is 0 Å². The van der Waals surface area contributed by atoms with E-state index in [1.165, 1.54) is 90.0 Å². The number of anilines is 2. The van der Waals surface area contributed by atoms with Crippen molar-refractivity contribution in [2.24, 2.45) is 16.7 Å². The smallest absolute Gasteiger partial charge is 0.550 e. The molecule has 35 heteroatoms. The van der Waals surface area contributed by atoms with E-state index in [0.29, 0.717) is 53.6 Å². The van der Waals surface area contributed by atoms with Gasteiger partial charge in [-0.25, -0.2) is 26.9 Å². The summed E-state index contributed by atoms with van der Waals surface area (Å²) in [6.07, 6.45) is 9.80. The Morgan fingerprint density at radius 3 is 1.36 bits per heavy atom. The molecule has 1 amide bonds. The number of aliphatic hydroxyl groups excluding tert-OH is 1. The third-order valence-electron chi connectivity index (χ3n) is 12.7. The van der Waals surface area contributed by atoms with Crippen LogP contribution in [-0.2, 0) is 30.2 Å². The molecule has 0 saturated heterocycles. The van der Waals surface area contributed by atoms with Crippen molar-refractivity contribution in [3.05, 3.63) is 292 Å². The topological polar surface area (TPSA) is 282 Å². The number of carboxylic acid groups (broad SMARTS) is 1. The zero-order valence-electron chi connectivity index (χ0n) is 54.3. The molecule has 0 aliphatic carbocycles. The Bertz CT molecular complexity index is 4680. The van der Waals surface area contributed by atoms with Crippen molar-refractivity contribution in [3.63, 3.8) is 0 Å². The van der Waals surface area contributed by atoms with Gasteiger partial charge in [-0.1, -0.05) is 30.3 Å². The van der Waals surface area contributed by atoms with Crippen LogP contribution in [0.1, 0.15) is 62.4 Å². The number of carbonyl (C=O) groups is 3. The summed E-state index contributed by atoms with van der Waals surface area (Å²) in [6, 6.07) is 33.4. The van der Waals surface area contributed by atoms with Crippen molar-refractivity contribution < 1.29 is 98.1 Å². The molecule has 0 fully saturated rings. The van der Waals surface area contributed by atoms with Gasteiger partial charge in [0.2, 0.25) is 0 Å². The number of nitrogens with zero attached hydrogens (tertiary/aromatic N) is 9. The fraction of sp³-hybridized carbons (Fsp3) is 0.101. The fourth-order valence-electron chi connectivity index (χ4n) is 7.94. The molecule has 12 rings (SSSR count). The van der Waals surface area contributed by atoms with E-state index >= 15 is 0 Å². The second kappa shape index (κ2) is 44.2. The first-order valence-corrected chi connectivity index (χ1v) is 33.2. The number of hydrazone groups is 1. The van der Waals surface area contributed by atoms with E-state index in [-0.39, 0.29) is 78.1 Å². The fourth-order valence-corrected chi connectivity index (χ4v) is 10.6. The molecule has 0 spiro atoms. The molecule has 6 aromatic carbocycles. The number of hydrogen-bond acceptors (Lipinski definition) is 16.